The van der Waals surface area contributed by atoms with E-state index < -0.39 is 35.7 Å². The molecule has 10 heteroatoms. The third-order valence-electron chi connectivity index (χ3n) is 3.50. The van der Waals surface area contributed by atoms with Crippen molar-refractivity contribution in [2.24, 2.45) is 0 Å². The van der Waals surface area contributed by atoms with Gasteiger partial charge in [0, 0.05) is 37.2 Å². The second-order valence-corrected chi connectivity index (χ2v) is 5.61. The Labute approximate surface area is 136 Å². The number of nitrogens with one attached hydrogen (secondary N) is 3. The zero-order valence-electron chi connectivity index (χ0n) is 12.5. The summed E-state index contributed by atoms with van der Waals surface area (Å²) in [5.74, 6) is 0.298. The molecular weight excluding hydrogens is 328 g/mol. The first-order valence-electron chi connectivity index (χ1n) is 7.15. The molecule has 4 N–H and O–H groups in total. The maximum absolute atomic E-state index is 11.8. The molecule has 0 spiro atoms. The molecule has 0 aromatic carbocycles. The van der Waals surface area contributed by atoms with E-state index in [1.165, 1.54) is 10.8 Å². The van der Waals surface area contributed by atoms with Crippen LogP contribution < -0.4 is 21.9 Å². The normalized spacial score (nSPS) is 23.7. The number of aromatic nitrogens is 2. The third-order valence-corrected chi connectivity index (χ3v) is 3.69. The molecule has 0 saturated carbocycles. The molecule has 1 aromatic rings. The van der Waals surface area contributed by atoms with E-state index in [1.807, 2.05) is 0 Å². The van der Waals surface area contributed by atoms with E-state index in [0.29, 0.717) is 18.0 Å². The number of urea groups is 1. The number of ether oxygens (including phenoxy) is 1. The lowest BCUT2D eigenvalue weighted by atomic mass is 10.2. The Bertz CT molecular complexity index is 673. The van der Waals surface area contributed by atoms with Crippen molar-refractivity contribution in [3.8, 4) is 0 Å². The first-order chi connectivity index (χ1) is 10.9. The van der Waals surface area contributed by atoms with Crippen molar-refractivity contribution in [1.82, 2.24) is 20.2 Å². The van der Waals surface area contributed by atoms with Crippen molar-refractivity contribution in [2.75, 3.05) is 19.0 Å². The molecule has 2 rings (SSSR count). The number of aromatic amines is 1. The number of halogens is 1. The smallest absolute Gasteiger partial charge is 0.330 e. The van der Waals surface area contributed by atoms with Crippen LogP contribution in [-0.2, 0) is 4.74 Å². The molecule has 1 aliphatic heterocycles. The van der Waals surface area contributed by atoms with Gasteiger partial charge < -0.3 is 20.5 Å². The van der Waals surface area contributed by atoms with E-state index in [-0.39, 0.29) is 13.0 Å². The predicted molar refractivity (Wildman–Crippen MR) is 82.7 cm³/mol. The molecule has 1 saturated heterocycles. The molecule has 1 unspecified atom stereocenters. The minimum atomic E-state index is -0.840. The van der Waals surface area contributed by atoms with Crippen LogP contribution in [0.25, 0.3) is 0 Å². The zero-order chi connectivity index (χ0) is 17.0. The molecule has 1 aromatic heterocycles. The molecule has 0 aliphatic carbocycles. The summed E-state index contributed by atoms with van der Waals surface area (Å²) < 4.78 is 6.84. The Balaban J connectivity index is 1.98. The van der Waals surface area contributed by atoms with E-state index in [2.05, 4.69) is 15.6 Å². The van der Waals surface area contributed by atoms with Gasteiger partial charge in [0.15, 0.2) is 0 Å². The molecule has 1 aliphatic rings. The van der Waals surface area contributed by atoms with Gasteiger partial charge in [0.1, 0.15) is 12.3 Å². The molecule has 9 nitrogen and oxygen atoms in total. The van der Waals surface area contributed by atoms with Crippen LogP contribution >= 0.6 is 11.6 Å². The minimum Gasteiger partial charge on any atom is -0.390 e. The predicted octanol–water partition coefficient (Wildman–Crippen LogP) is -0.969. The average molecular weight is 347 g/mol. The van der Waals surface area contributed by atoms with E-state index in [0.717, 1.165) is 0 Å². The molecule has 23 heavy (non-hydrogen) atoms. The van der Waals surface area contributed by atoms with Crippen molar-refractivity contribution in [2.45, 2.75) is 31.8 Å². The summed E-state index contributed by atoms with van der Waals surface area (Å²) in [6.07, 6.45) is -0.623. The Morgan fingerprint density at radius 3 is 2.96 bits per heavy atom. The maximum atomic E-state index is 11.8. The van der Waals surface area contributed by atoms with Crippen molar-refractivity contribution < 1.29 is 14.6 Å². The summed E-state index contributed by atoms with van der Waals surface area (Å²) in [6, 6.07) is -0.415. The van der Waals surface area contributed by atoms with Crippen LogP contribution in [0.2, 0.25) is 0 Å². The fourth-order valence-corrected chi connectivity index (χ4v) is 2.38. The Hall–Kier alpha value is -1.84. The van der Waals surface area contributed by atoms with Gasteiger partial charge in [-0.2, -0.15) is 0 Å². The number of rotatable bonds is 5. The van der Waals surface area contributed by atoms with Crippen LogP contribution in [0.15, 0.2) is 15.8 Å². The highest BCUT2D eigenvalue weighted by Crippen LogP contribution is 2.27. The summed E-state index contributed by atoms with van der Waals surface area (Å²) >= 11 is 5.46. The van der Waals surface area contributed by atoms with Crippen molar-refractivity contribution in [1.29, 1.82) is 0 Å². The monoisotopic (exact) mass is 346 g/mol. The van der Waals surface area contributed by atoms with Gasteiger partial charge >= 0.3 is 11.7 Å². The summed E-state index contributed by atoms with van der Waals surface area (Å²) in [6.45, 7) is 1.99. The lowest BCUT2D eigenvalue weighted by Gasteiger charge is -2.17. The van der Waals surface area contributed by atoms with E-state index in [9.17, 15) is 19.5 Å². The minimum absolute atomic E-state index is 0.0862. The number of amides is 2. The fraction of sp³-hybridized carbons (Fsp3) is 0.615. The standard InChI is InChI=1S/C13H19ClN4O5/c1-7-6-18(13(22)17-11(7)20)10-4-8(19)9(23-10)5-16-12(21)15-3-2-14/h6,8-10,19H,2-5H2,1H3,(H2,15,16,21)(H,17,20,22)/t8?,9-,10-/m1/s1. The Morgan fingerprint density at radius 2 is 2.26 bits per heavy atom. The third kappa shape index (κ3) is 4.34. The number of hydrogen-bond donors (Lipinski definition) is 4. The lowest BCUT2D eigenvalue weighted by Crippen LogP contribution is -2.42. The number of aryl methyl sites for hydroxylation is 1. The first-order valence-corrected chi connectivity index (χ1v) is 7.69. The fourth-order valence-electron chi connectivity index (χ4n) is 2.29. The number of nitrogens with zero attached hydrogens (tertiary/aromatic N) is 1. The topological polar surface area (TPSA) is 125 Å². The van der Waals surface area contributed by atoms with E-state index in [4.69, 9.17) is 16.3 Å². The van der Waals surface area contributed by atoms with Gasteiger partial charge in [-0.05, 0) is 6.92 Å². The highest BCUT2D eigenvalue weighted by Gasteiger charge is 2.35. The average Bonchev–Trinajstić information content (AvgIpc) is 2.87. The van der Waals surface area contributed by atoms with Gasteiger partial charge in [-0.3, -0.25) is 14.3 Å². The number of aliphatic hydroxyl groups is 1. The number of alkyl halides is 1. The quantitative estimate of drug-likeness (QED) is 0.510. The molecular formula is C13H19ClN4O5. The Morgan fingerprint density at radius 1 is 1.52 bits per heavy atom. The van der Waals surface area contributed by atoms with Crippen LogP contribution in [0.1, 0.15) is 18.2 Å². The van der Waals surface area contributed by atoms with Crippen LogP contribution in [0.3, 0.4) is 0 Å². The summed E-state index contributed by atoms with van der Waals surface area (Å²) in [7, 11) is 0. The van der Waals surface area contributed by atoms with Crippen LogP contribution in [-0.4, -0.2) is 51.9 Å². The molecule has 1 fully saturated rings. The molecule has 2 heterocycles. The second-order valence-electron chi connectivity index (χ2n) is 5.24. The van der Waals surface area contributed by atoms with Crippen LogP contribution in [0, 0.1) is 6.92 Å². The molecule has 2 amide bonds. The van der Waals surface area contributed by atoms with Crippen molar-refractivity contribution in [3.63, 3.8) is 0 Å². The Kier molecular flexibility index (Phi) is 5.80. The van der Waals surface area contributed by atoms with Crippen molar-refractivity contribution in [3.05, 3.63) is 32.6 Å². The van der Waals surface area contributed by atoms with Gasteiger partial charge in [0.05, 0.1) is 6.10 Å². The zero-order valence-corrected chi connectivity index (χ0v) is 13.3. The van der Waals surface area contributed by atoms with Gasteiger partial charge in [0.25, 0.3) is 5.56 Å². The SMILES string of the molecule is Cc1cn([C@H]2CC(O)[C@@H](CNC(=O)NCCCl)O2)c(=O)[nH]c1=O. The number of hydrogen-bond acceptors (Lipinski definition) is 5. The van der Waals surface area contributed by atoms with Crippen LogP contribution in [0.5, 0.6) is 0 Å². The van der Waals surface area contributed by atoms with Crippen molar-refractivity contribution >= 4 is 17.6 Å². The molecule has 128 valence electrons. The molecule has 0 radical (unpaired) electrons. The van der Waals surface area contributed by atoms with E-state index in [1.54, 1.807) is 6.92 Å². The highest BCUT2D eigenvalue weighted by molar-refractivity contribution is 6.18. The number of aliphatic hydroxyl groups excluding tert-OH is 1. The summed E-state index contributed by atoms with van der Waals surface area (Å²) in [5.41, 5.74) is -0.699. The highest BCUT2D eigenvalue weighted by atomic mass is 35.5. The summed E-state index contributed by atoms with van der Waals surface area (Å²) in [5, 5.41) is 15.1. The lowest BCUT2D eigenvalue weighted by molar-refractivity contribution is -0.0180. The van der Waals surface area contributed by atoms with Gasteiger partial charge in [-0.15, -0.1) is 11.6 Å². The molecule has 3 atom stereocenters. The second kappa shape index (κ2) is 7.62. The van der Waals surface area contributed by atoms with Gasteiger partial charge in [-0.1, -0.05) is 0 Å². The van der Waals surface area contributed by atoms with Gasteiger partial charge in [0.2, 0.25) is 0 Å². The van der Waals surface area contributed by atoms with E-state index >= 15 is 0 Å². The summed E-state index contributed by atoms with van der Waals surface area (Å²) in [4.78, 5) is 36.8. The number of carbonyl (C=O) groups excluding carboxylic acids is 1. The number of carbonyl (C=O) groups is 1. The largest absolute Gasteiger partial charge is 0.390 e. The van der Waals surface area contributed by atoms with Gasteiger partial charge in [-0.25, -0.2) is 9.59 Å². The first kappa shape index (κ1) is 17.5. The van der Waals surface area contributed by atoms with Crippen LogP contribution in [0.4, 0.5) is 4.79 Å². The number of H-pyrrole nitrogens is 1. The molecule has 0 bridgehead atoms. The maximum Gasteiger partial charge on any atom is 0.330 e.